The molecule has 0 amide bonds. The number of carbonyl (C=O) groups excluding carboxylic acids is 1. The molecule has 0 aliphatic carbocycles. The molecule has 0 aromatic heterocycles. The molecule has 4 heteroatoms. The van der Waals surface area contributed by atoms with Gasteiger partial charge in [0, 0.05) is 19.6 Å². The van der Waals surface area contributed by atoms with E-state index >= 15 is 0 Å². The van der Waals surface area contributed by atoms with E-state index in [1.807, 2.05) is 6.92 Å². The van der Waals surface area contributed by atoms with Gasteiger partial charge in [-0.1, -0.05) is 13.3 Å². The molecule has 1 N–H and O–H groups in total. The van der Waals surface area contributed by atoms with Gasteiger partial charge in [0.15, 0.2) is 0 Å². The lowest BCUT2D eigenvalue weighted by atomic mass is 10.3. The van der Waals surface area contributed by atoms with E-state index in [0.717, 1.165) is 31.9 Å². The number of carbonyl (C=O) groups is 1. The van der Waals surface area contributed by atoms with Crippen LogP contribution in [0.2, 0.25) is 0 Å². The van der Waals surface area contributed by atoms with E-state index in [4.69, 9.17) is 4.74 Å². The van der Waals surface area contributed by atoms with Crippen LogP contribution >= 0.6 is 0 Å². The molecule has 15 heavy (non-hydrogen) atoms. The lowest BCUT2D eigenvalue weighted by Gasteiger charge is -2.17. The monoisotopic (exact) mass is 212 g/mol. The second-order valence-corrected chi connectivity index (χ2v) is 3.55. The normalized spacial score (nSPS) is 18.0. The number of hydrogen-bond donors (Lipinski definition) is 1. The van der Waals surface area contributed by atoms with Crippen molar-refractivity contribution < 1.29 is 9.53 Å². The lowest BCUT2D eigenvalue weighted by Crippen LogP contribution is -2.22. The minimum absolute atomic E-state index is 0.261. The Labute approximate surface area is 91.3 Å². The molecule has 1 fully saturated rings. The van der Waals surface area contributed by atoms with Crippen molar-refractivity contribution in [2.75, 3.05) is 26.2 Å². The number of ether oxygens (including phenoxy) is 1. The average Bonchev–Trinajstić information content (AvgIpc) is 2.63. The zero-order chi connectivity index (χ0) is 11.1. The molecule has 4 nitrogen and oxygen atoms in total. The van der Waals surface area contributed by atoms with Crippen LogP contribution in [0.25, 0.3) is 0 Å². The summed E-state index contributed by atoms with van der Waals surface area (Å²) in [5, 5.41) is 3.19. The molecule has 1 rings (SSSR count). The van der Waals surface area contributed by atoms with Crippen molar-refractivity contribution in [2.24, 2.45) is 0 Å². The fourth-order valence-corrected chi connectivity index (χ4v) is 1.57. The first-order valence-electron chi connectivity index (χ1n) is 5.65. The molecule has 0 unspecified atom stereocenters. The van der Waals surface area contributed by atoms with Crippen molar-refractivity contribution >= 4 is 5.97 Å². The summed E-state index contributed by atoms with van der Waals surface area (Å²) in [6, 6.07) is 0. The summed E-state index contributed by atoms with van der Waals surface area (Å²) < 4.78 is 4.87. The molecule has 0 bridgehead atoms. The second-order valence-electron chi connectivity index (χ2n) is 3.55. The van der Waals surface area contributed by atoms with Gasteiger partial charge in [-0.05, 0) is 13.3 Å². The largest absolute Gasteiger partial charge is 0.463 e. The highest BCUT2D eigenvalue weighted by atomic mass is 16.5. The van der Waals surface area contributed by atoms with Gasteiger partial charge in [-0.15, -0.1) is 0 Å². The maximum absolute atomic E-state index is 11.3. The topological polar surface area (TPSA) is 41.6 Å². The van der Waals surface area contributed by atoms with Crippen LogP contribution < -0.4 is 5.32 Å². The molecule has 1 aliphatic heterocycles. The Morgan fingerprint density at radius 1 is 1.60 bits per heavy atom. The molecule has 0 spiro atoms. The smallest absolute Gasteiger partial charge is 0.334 e. The summed E-state index contributed by atoms with van der Waals surface area (Å²) in [7, 11) is 0. The number of unbranched alkanes of at least 4 members (excludes halogenated alkanes) is 1. The van der Waals surface area contributed by atoms with Crippen LogP contribution in [0.5, 0.6) is 0 Å². The van der Waals surface area contributed by atoms with Crippen LogP contribution in [0.15, 0.2) is 11.9 Å². The van der Waals surface area contributed by atoms with Gasteiger partial charge in [0.05, 0.1) is 12.7 Å². The number of rotatable bonds is 5. The van der Waals surface area contributed by atoms with E-state index in [-0.39, 0.29) is 5.97 Å². The molecule has 1 heterocycles. The predicted octanol–water partition coefficient (Wildman–Crippen LogP) is 1.10. The van der Waals surface area contributed by atoms with E-state index in [1.54, 1.807) is 6.08 Å². The fourth-order valence-electron chi connectivity index (χ4n) is 1.57. The van der Waals surface area contributed by atoms with Crippen LogP contribution in [0.4, 0.5) is 0 Å². The van der Waals surface area contributed by atoms with E-state index in [9.17, 15) is 4.79 Å². The Bertz CT molecular complexity index is 239. The second kappa shape index (κ2) is 6.32. The number of hydrogen-bond acceptors (Lipinski definition) is 4. The van der Waals surface area contributed by atoms with Crippen molar-refractivity contribution in [3.8, 4) is 0 Å². The van der Waals surface area contributed by atoms with Gasteiger partial charge in [-0.25, -0.2) is 4.79 Å². The van der Waals surface area contributed by atoms with Crippen molar-refractivity contribution in [1.82, 2.24) is 10.2 Å². The molecule has 0 atom stereocenters. The molecule has 0 saturated carbocycles. The zero-order valence-corrected chi connectivity index (χ0v) is 9.58. The Kier molecular flexibility index (Phi) is 5.01. The standard InChI is InChI=1S/C11H20N2O2/c1-3-5-7-13-8-6-12-10(13)9-11(14)15-4-2/h9,12H,3-8H2,1-2H3/b10-9+. The fraction of sp³-hybridized carbons (Fsp3) is 0.727. The highest BCUT2D eigenvalue weighted by Gasteiger charge is 2.16. The van der Waals surface area contributed by atoms with Gasteiger partial charge in [0.1, 0.15) is 5.82 Å². The zero-order valence-electron chi connectivity index (χ0n) is 9.58. The predicted molar refractivity (Wildman–Crippen MR) is 59.2 cm³/mol. The number of nitrogens with zero attached hydrogens (tertiary/aromatic N) is 1. The van der Waals surface area contributed by atoms with Crippen LogP contribution in [-0.4, -0.2) is 37.1 Å². The maximum atomic E-state index is 11.3. The molecular formula is C11H20N2O2. The Hall–Kier alpha value is -1.19. The molecule has 0 aromatic carbocycles. The first kappa shape index (κ1) is 11.9. The first-order valence-corrected chi connectivity index (χ1v) is 5.65. The van der Waals surface area contributed by atoms with Crippen molar-refractivity contribution in [2.45, 2.75) is 26.7 Å². The van der Waals surface area contributed by atoms with Crippen molar-refractivity contribution in [3.63, 3.8) is 0 Å². The molecule has 86 valence electrons. The molecule has 1 saturated heterocycles. The maximum Gasteiger partial charge on any atom is 0.334 e. The minimum Gasteiger partial charge on any atom is -0.463 e. The van der Waals surface area contributed by atoms with Gasteiger partial charge in [-0.2, -0.15) is 0 Å². The molecule has 0 aromatic rings. The third-order valence-electron chi connectivity index (χ3n) is 2.35. The van der Waals surface area contributed by atoms with Crippen LogP contribution in [0.1, 0.15) is 26.7 Å². The van der Waals surface area contributed by atoms with Crippen molar-refractivity contribution in [3.05, 3.63) is 11.9 Å². The van der Waals surface area contributed by atoms with Crippen LogP contribution in [0, 0.1) is 0 Å². The van der Waals surface area contributed by atoms with Gasteiger partial charge < -0.3 is 15.0 Å². The van der Waals surface area contributed by atoms with Crippen LogP contribution in [0.3, 0.4) is 0 Å². The van der Waals surface area contributed by atoms with Gasteiger partial charge in [0.2, 0.25) is 0 Å². The number of nitrogens with one attached hydrogen (secondary N) is 1. The quantitative estimate of drug-likeness (QED) is 0.547. The summed E-state index contributed by atoms with van der Waals surface area (Å²) in [5.41, 5.74) is 0. The lowest BCUT2D eigenvalue weighted by molar-refractivity contribution is -0.137. The molecule has 1 aliphatic rings. The van der Waals surface area contributed by atoms with Gasteiger partial charge >= 0.3 is 5.97 Å². The van der Waals surface area contributed by atoms with Crippen molar-refractivity contribution in [1.29, 1.82) is 0 Å². The summed E-state index contributed by atoms with van der Waals surface area (Å²) in [4.78, 5) is 13.4. The summed E-state index contributed by atoms with van der Waals surface area (Å²) >= 11 is 0. The highest BCUT2D eigenvalue weighted by molar-refractivity contribution is 5.82. The summed E-state index contributed by atoms with van der Waals surface area (Å²) in [6.07, 6.45) is 3.87. The highest BCUT2D eigenvalue weighted by Crippen LogP contribution is 2.08. The Morgan fingerprint density at radius 3 is 3.07 bits per heavy atom. The summed E-state index contributed by atoms with van der Waals surface area (Å²) in [5.74, 6) is 0.644. The summed E-state index contributed by atoms with van der Waals surface area (Å²) in [6.45, 7) is 7.30. The SMILES string of the molecule is CCCCN1CCN/C1=C\C(=O)OCC. The Morgan fingerprint density at radius 2 is 2.40 bits per heavy atom. The molecule has 0 radical (unpaired) electrons. The number of esters is 1. The Balaban J connectivity index is 2.47. The van der Waals surface area contributed by atoms with Crippen LogP contribution in [-0.2, 0) is 9.53 Å². The van der Waals surface area contributed by atoms with E-state index < -0.39 is 0 Å². The first-order chi connectivity index (χ1) is 7.27. The van der Waals surface area contributed by atoms with Gasteiger partial charge in [0.25, 0.3) is 0 Å². The van der Waals surface area contributed by atoms with Gasteiger partial charge in [-0.3, -0.25) is 0 Å². The average molecular weight is 212 g/mol. The molecular weight excluding hydrogens is 192 g/mol. The third kappa shape index (κ3) is 3.81. The minimum atomic E-state index is -0.261. The third-order valence-corrected chi connectivity index (χ3v) is 2.35. The van der Waals surface area contributed by atoms with E-state index in [1.165, 1.54) is 6.42 Å². The van der Waals surface area contributed by atoms with E-state index in [2.05, 4.69) is 17.1 Å². The van der Waals surface area contributed by atoms with E-state index in [0.29, 0.717) is 6.61 Å².